The van der Waals surface area contributed by atoms with Gasteiger partial charge in [-0.3, -0.25) is 0 Å². The molecule has 1 fully saturated rings. The van der Waals surface area contributed by atoms with E-state index in [1.54, 1.807) is 7.11 Å². The van der Waals surface area contributed by atoms with Crippen molar-refractivity contribution >= 4 is 0 Å². The molecule has 1 aromatic carbocycles. The molecule has 2 rings (SSSR count). The fourth-order valence-corrected chi connectivity index (χ4v) is 3.54. The van der Waals surface area contributed by atoms with Gasteiger partial charge in [0.15, 0.2) is 0 Å². The van der Waals surface area contributed by atoms with Gasteiger partial charge in [-0.1, -0.05) is 48.6 Å². The molecule has 0 aliphatic carbocycles. The number of benzene rings is 1. The van der Waals surface area contributed by atoms with Crippen LogP contribution in [0, 0.1) is 12.8 Å². The van der Waals surface area contributed by atoms with Gasteiger partial charge in [-0.05, 0) is 56.0 Å². The average Bonchev–Trinajstić information content (AvgIpc) is 2.58. The number of likely N-dealkylation sites (N-methyl/N-ethyl adjacent to an activating group) is 1. The van der Waals surface area contributed by atoms with Crippen molar-refractivity contribution in [3.05, 3.63) is 70.8 Å². The third-order valence-electron chi connectivity index (χ3n) is 4.96. The Morgan fingerprint density at radius 2 is 2.12 bits per heavy atom. The summed E-state index contributed by atoms with van der Waals surface area (Å²) in [6.45, 7) is 11.5. The number of nitrogens with zero attached hydrogens (tertiary/aromatic N) is 1. The van der Waals surface area contributed by atoms with Crippen LogP contribution in [0.25, 0.3) is 0 Å². The fraction of sp³-hybridized carbons (Fsp3) is 0.455. The monoisotopic (exact) mass is 325 g/mol. The fourth-order valence-electron chi connectivity index (χ4n) is 3.54. The molecular formula is C22H31NO. The van der Waals surface area contributed by atoms with E-state index in [1.807, 2.05) is 0 Å². The summed E-state index contributed by atoms with van der Waals surface area (Å²) >= 11 is 0. The third kappa shape index (κ3) is 4.68. The Hall–Kier alpha value is -1.64. The number of hydrogen-bond donors (Lipinski definition) is 0. The summed E-state index contributed by atoms with van der Waals surface area (Å²) in [4.78, 5) is 2.39. The largest absolute Gasteiger partial charge is 0.381 e. The summed E-state index contributed by atoms with van der Waals surface area (Å²) in [5, 5.41) is 0. The molecule has 0 unspecified atom stereocenters. The van der Waals surface area contributed by atoms with E-state index in [1.165, 1.54) is 27.8 Å². The molecule has 0 spiro atoms. The Bertz CT molecular complexity index is 627. The van der Waals surface area contributed by atoms with Crippen molar-refractivity contribution in [1.29, 1.82) is 0 Å². The Labute approximate surface area is 147 Å². The zero-order valence-electron chi connectivity index (χ0n) is 15.6. The van der Waals surface area contributed by atoms with Gasteiger partial charge >= 0.3 is 0 Å². The minimum atomic E-state index is 0.417. The smallest absolute Gasteiger partial charge is 0.0649 e. The highest BCUT2D eigenvalue weighted by Gasteiger charge is 2.27. The van der Waals surface area contributed by atoms with E-state index in [4.69, 9.17) is 4.74 Å². The Morgan fingerprint density at radius 3 is 2.79 bits per heavy atom. The highest BCUT2D eigenvalue weighted by molar-refractivity contribution is 5.41. The highest BCUT2D eigenvalue weighted by atomic mass is 16.5. The zero-order chi connectivity index (χ0) is 17.5. The summed E-state index contributed by atoms with van der Waals surface area (Å²) in [6.07, 6.45) is 6.59. The summed E-state index contributed by atoms with van der Waals surface area (Å²) < 4.78 is 5.24. The van der Waals surface area contributed by atoms with E-state index in [-0.39, 0.29) is 0 Å². The van der Waals surface area contributed by atoms with Crippen LogP contribution >= 0.6 is 0 Å². The van der Waals surface area contributed by atoms with Crippen molar-refractivity contribution in [2.45, 2.75) is 26.7 Å². The molecule has 130 valence electrons. The molecular weight excluding hydrogens is 294 g/mol. The molecule has 0 saturated carbocycles. The molecule has 0 aromatic heterocycles. The van der Waals surface area contributed by atoms with Gasteiger partial charge < -0.3 is 9.64 Å². The minimum absolute atomic E-state index is 0.417. The standard InChI is InChI=1S/C22H31NO/c1-6-21-20(13-14-24-5)15-23(4)16-22(21)18(3)11-12-19-10-8-7-9-17(19)2/h6-10,13,22H,3,11-12,14-16H2,1-2,4-5H3/b20-13-,21-6+/t22-/m0/s1. The third-order valence-corrected chi connectivity index (χ3v) is 4.96. The van der Waals surface area contributed by atoms with Crippen molar-refractivity contribution in [3.63, 3.8) is 0 Å². The summed E-state index contributed by atoms with van der Waals surface area (Å²) in [5.74, 6) is 0.417. The van der Waals surface area contributed by atoms with Crippen molar-refractivity contribution in [1.82, 2.24) is 4.90 Å². The van der Waals surface area contributed by atoms with Gasteiger partial charge in [0.1, 0.15) is 0 Å². The lowest BCUT2D eigenvalue weighted by Crippen LogP contribution is -2.36. The van der Waals surface area contributed by atoms with Crippen LogP contribution in [0.4, 0.5) is 0 Å². The molecule has 2 heteroatoms. The normalized spacial score (nSPS) is 22.2. The Balaban J connectivity index is 2.10. The maximum atomic E-state index is 5.24. The summed E-state index contributed by atoms with van der Waals surface area (Å²) in [7, 11) is 3.94. The van der Waals surface area contributed by atoms with Gasteiger partial charge in [0.05, 0.1) is 6.61 Å². The van der Waals surface area contributed by atoms with E-state index >= 15 is 0 Å². The van der Waals surface area contributed by atoms with E-state index in [0.29, 0.717) is 12.5 Å². The van der Waals surface area contributed by atoms with Crippen LogP contribution in [-0.2, 0) is 11.2 Å². The van der Waals surface area contributed by atoms with Crippen molar-refractivity contribution in [2.75, 3.05) is 33.9 Å². The van der Waals surface area contributed by atoms with Gasteiger partial charge in [-0.2, -0.15) is 0 Å². The van der Waals surface area contributed by atoms with Crippen LogP contribution in [0.2, 0.25) is 0 Å². The molecule has 1 aromatic rings. The van der Waals surface area contributed by atoms with Crippen LogP contribution in [0.5, 0.6) is 0 Å². The first-order valence-electron chi connectivity index (χ1n) is 8.82. The van der Waals surface area contributed by atoms with E-state index in [2.05, 4.69) is 68.8 Å². The quantitative estimate of drug-likeness (QED) is 0.711. The molecule has 0 bridgehead atoms. The van der Waals surface area contributed by atoms with Gasteiger partial charge in [-0.15, -0.1) is 0 Å². The number of allylic oxidation sites excluding steroid dienone is 1. The summed E-state index contributed by atoms with van der Waals surface area (Å²) in [6, 6.07) is 8.66. The predicted molar refractivity (Wildman–Crippen MR) is 103 cm³/mol. The Morgan fingerprint density at radius 1 is 1.38 bits per heavy atom. The van der Waals surface area contributed by atoms with Crippen molar-refractivity contribution in [2.24, 2.45) is 5.92 Å². The van der Waals surface area contributed by atoms with Crippen molar-refractivity contribution < 1.29 is 4.74 Å². The maximum Gasteiger partial charge on any atom is 0.0649 e. The van der Waals surface area contributed by atoms with Crippen LogP contribution in [0.15, 0.2) is 59.7 Å². The number of methoxy groups -OCH3 is 1. The molecule has 1 saturated heterocycles. The number of likely N-dealkylation sites (tertiary alicyclic amines) is 1. The second-order valence-electron chi connectivity index (χ2n) is 6.76. The lowest BCUT2D eigenvalue weighted by atomic mass is 9.81. The zero-order valence-corrected chi connectivity index (χ0v) is 15.6. The second kappa shape index (κ2) is 9.00. The van der Waals surface area contributed by atoms with Gasteiger partial charge in [-0.25, -0.2) is 0 Å². The SMILES string of the molecule is C=C(CCc1ccccc1C)[C@@H]1CN(C)CC(=C/COC)/C1=C\C. The molecule has 1 aliphatic heterocycles. The lowest BCUT2D eigenvalue weighted by molar-refractivity contribution is 0.231. The number of aryl methyl sites for hydroxylation is 2. The molecule has 1 aliphatic rings. The van der Waals surface area contributed by atoms with E-state index in [0.717, 1.165) is 25.9 Å². The maximum absolute atomic E-state index is 5.24. The molecule has 0 radical (unpaired) electrons. The molecule has 24 heavy (non-hydrogen) atoms. The molecule has 0 amide bonds. The Kier molecular flexibility index (Phi) is 7.01. The average molecular weight is 325 g/mol. The lowest BCUT2D eigenvalue weighted by Gasteiger charge is -2.36. The highest BCUT2D eigenvalue weighted by Crippen LogP contribution is 2.33. The summed E-state index contributed by atoms with van der Waals surface area (Å²) in [5.41, 5.74) is 6.95. The van der Waals surface area contributed by atoms with Gasteiger partial charge in [0.25, 0.3) is 0 Å². The first kappa shape index (κ1) is 18.7. The topological polar surface area (TPSA) is 12.5 Å². The first-order valence-corrected chi connectivity index (χ1v) is 8.82. The molecule has 1 heterocycles. The molecule has 0 N–H and O–H groups in total. The number of piperidine rings is 1. The van der Waals surface area contributed by atoms with Gasteiger partial charge in [0, 0.05) is 26.1 Å². The van der Waals surface area contributed by atoms with Crippen LogP contribution in [0.1, 0.15) is 24.5 Å². The number of hydrogen-bond acceptors (Lipinski definition) is 2. The van der Waals surface area contributed by atoms with E-state index < -0.39 is 0 Å². The van der Waals surface area contributed by atoms with Crippen LogP contribution < -0.4 is 0 Å². The first-order chi connectivity index (χ1) is 11.6. The predicted octanol–water partition coefficient (Wildman–Crippen LogP) is 4.56. The second-order valence-corrected chi connectivity index (χ2v) is 6.76. The van der Waals surface area contributed by atoms with Gasteiger partial charge in [0.2, 0.25) is 0 Å². The molecule has 2 nitrogen and oxygen atoms in total. The van der Waals surface area contributed by atoms with Crippen LogP contribution in [0.3, 0.4) is 0 Å². The minimum Gasteiger partial charge on any atom is -0.381 e. The van der Waals surface area contributed by atoms with Crippen molar-refractivity contribution in [3.8, 4) is 0 Å². The van der Waals surface area contributed by atoms with E-state index in [9.17, 15) is 0 Å². The number of ether oxygens (including phenoxy) is 1. The molecule has 1 atom stereocenters. The number of rotatable bonds is 6. The van der Waals surface area contributed by atoms with Crippen LogP contribution in [-0.4, -0.2) is 38.8 Å².